The van der Waals surface area contributed by atoms with Crippen LogP contribution in [0.25, 0.3) is 0 Å². The van der Waals surface area contributed by atoms with Crippen LogP contribution in [0.3, 0.4) is 0 Å². The third-order valence-electron chi connectivity index (χ3n) is 2.19. The number of thiocarbonyl (C=S) groups is 1. The molecule has 0 aromatic heterocycles. The summed E-state index contributed by atoms with van der Waals surface area (Å²) >= 11 is 4.77. The number of halogens is 1. The maximum absolute atomic E-state index is 13.5. The van der Waals surface area contributed by atoms with Crippen LogP contribution in [0.4, 0.5) is 4.39 Å². The topological polar surface area (TPSA) is 55.5 Å². The smallest absolute Gasteiger partial charge is 0.137 e. The molecule has 0 aliphatic rings. The second-order valence-electron chi connectivity index (χ2n) is 4.39. The number of benzene rings is 1. The zero-order valence-corrected chi connectivity index (χ0v) is 10.7. The van der Waals surface area contributed by atoms with Crippen molar-refractivity contribution in [2.24, 2.45) is 5.73 Å². The van der Waals surface area contributed by atoms with Crippen molar-refractivity contribution in [3.05, 3.63) is 29.6 Å². The summed E-state index contributed by atoms with van der Waals surface area (Å²) in [5.41, 5.74) is 4.72. The van der Waals surface area contributed by atoms with Crippen molar-refractivity contribution in [2.45, 2.75) is 25.9 Å². The van der Waals surface area contributed by atoms with E-state index in [9.17, 15) is 9.50 Å². The Morgan fingerprint density at radius 2 is 2.18 bits per heavy atom. The molecule has 0 heterocycles. The predicted molar refractivity (Wildman–Crippen MR) is 68.7 cm³/mol. The largest absolute Gasteiger partial charge is 0.493 e. The molecule has 0 spiro atoms. The van der Waals surface area contributed by atoms with Crippen molar-refractivity contribution in [2.75, 3.05) is 6.61 Å². The molecule has 0 bridgehead atoms. The van der Waals surface area contributed by atoms with Crippen LogP contribution in [0.15, 0.2) is 18.2 Å². The Bertz CT molecular complexity index is 415. The Hall–Kier alpha value is -1.20. The number of hydrogen-bond donors (Lipinski definition) is 2. The van der Waals surface area contributed by atoms with Crippen molar-refractivity contribution >= 4 is 17.2 Å². The Morgan fingerprint density at radius 1 is 1.53 bits per heavy atom. The van der Waals surface area contributed by atoms with E-state index in [-0.39, 0.29) is 17.2 Å². The summed E-state index contributed by atoms with van der Waals surface area (Å²) < 4.78 is 18.9. The Morgan fingerprint density at radius 3 is 2.71 bits per heavy atom. The van der Waals surface area contributed by atoms with E-state index in [0.29, 0.717) is 12.2 Å². The van der Waals surface area contributed by atoms with Crippen molar-refractivity contribution < 1.29 is 14.2 Å². The van der Waals surface area contributed by atoms with Gasteiger partial charge in [0.2, 0.25) is 0 Å². The fourth-order valence-electron chi connectivity index (χ4n) is 1.27. The zero-order chi connectivity index (χ0) is 13.1. The molecule has 94 valence electrons. The number of nitrogens with two attached hydrogens (primary N) is 1. The highest BCUT2D eigenvalue weighted by Gasteiger charge is 2.15. The predicted octanol–water partition coefficient (Wildman–Crippen LogP) is 2.00. The Balaban J connectivity index is 2.78. The van der Waals surface area contributed by atoms with Crippen LogP contribution >= 0.6 is 12.2 Å². The molecule has 17 heavy (non-hydrogen) atoms. The summed E-state index contributed by atoms with van der Waals surface area (Å²) in [6.07, 6.45) is 0.431. The average Bonchev–Trinajstić information content (AvgIpc) is 2.14. The highest BCUT2D eigenvalue weighted by atomic mass is 32.1. The van der Waals surface area contributed by atoms with Gasteiger partial charge in [-0.05, 0) is 26.0 Å². The lowest BCUT2D eigenvalue weighted by molar-refractivity contribution is 0.0553. The highest BCUT2D eigenvalue weighted by Crippen LogP contribution is 2.22. The van der Waals surface area contributed by atoms with E-state index in [2.05, 4.69) is 0 Å². The van der Waals surface area contributed by atoms with E-state index in [0.717, 1.165) is 0 Å². The van der Waals surface area contributed by atoms with Gasteiger partial charge in [0.05, 0.1) is 17.8 Å². The van der Waals surface area contributed by atoms with Gasteiger partial charge in [-0.15, -0.1) is 0 Å². The molecule has 3 N–H and O–H groups in total. The molecular weight excluding hydrogens is 241 g/mol. The second kappa shape index (κ2) is 5.42. The summed E-state index contributed by atoms with van der Waals surface area (Å²) in [5.74, 6) is -0.194. The molecular formula is C12H16FNO2S. The van der Waals surface area contributed by atoms with Crippen LogP contribution in [0, 0.1) is 5.82 Å². The third-order valence-corrected chi connectivity index (χ3v) is 2.40. The molecule has 0 amide bonds. The highest BCUT2D eigenvalue weighted by molar-refractivity contribution is 7.80. The van der Waals surface area contributed by atoms with Crippen LogP contribution in [-0.2, 0) is 0 Å². The SMILES string of the molecule is CC(C)(O)CCOc1cccc(F)c1C(N)=S. The minimum atomic E-state index is -0.823. The quantitative estimate of drug-likeness (QED) is 0.792. The molecule has 1 aromatic carbocycles. The summed E-state index contributed by atoms with van der Waals surface area (Å²) in [4.78, 5) is -0.0404. The van der Waals surface area contributed by atoms with E-state index >= 15 is 0 Å². The fraction of sp³-hybridized carbons (Fsp3) is 0.417. The number of ether oxygens (including phenoxy) is 1. The molecule has 3 nitrogen and oxygen atoms in total. The summed E-state index contributed by atoms with van der Waals surface area (Å²) in [6, 6.07) is 4.40. The lowest BCUT2D eigenvalue weighted by Gasteiger charge is -2.18. The van der Waals surface area contributed by atoms with Gasteiger partial charge >= 0.3 is 0 Å². The normalized spacial score (nSPS) is 11.3. The van der Waals surface area contributed by atoms with Gasteiger partial charge in [-0.25, -0.2) is 4.39 Å². The molecule has 5 heteroatoms. The van der Waals surface area contributed by atoms with Gasteiger partial charge in [0.15, 0.2) is 0 Å². The summed E-state index contributed by atoms with van der Waals surface area (Å²) in [7, 11) is 0. The van der Waals surface area contributed by atoms with E-state index in [1.807, 2.05) is 0 Å². The van der Waals surface area contributed by atoms with Crippen molar-refractivity contribution in [3.63, 3.8) is 0 Å². The van der Waals surface area contributed by atoms with Crippen LogP contribution < -0.4 is 10.5 Å². The zero-order valence-electron chi connectivity index (χ0n) is 9.87. The van der Waals surface area contributed by atoms with Crippen molar-refractivity contribution in [3.8, 4) is 5.75 Å². The van der Waals surface area contributed by atoms with E-state index in [1.165, 1.54) is 12.1 Å². The summed E-state index contributed by atoms with van der Waals surface area (Å²) in [5, 5.41) is 9.52. The maximum atomic E-state index is 13.5. The van der Waals surface area contributed by atoms with Crippen molar-refractivity contribution in [1.82, 2.24) is 0 Å². The molecule has 1 rings (SSSR count). The Labute approximate surface area is 105 Å². The van der Waals surface area contributed by atoms with Gasteiger partial charge in [-0.3, -0.25) is 0 Å². The van der Waals surface area contributed by atoms with Gasteiger partial charge in [-0.1, -0.05) is 18.3 Å². The van der Waals surface area contributed by atoms with Crippen LogP contribution in [0.2, 0.25) is 0 Å². The van der Waals surface area contributed by atoms with Gasteiger partial charge in [0.1, 0.15) is 16.6 Å². The van der Waals surface area contributed by atoms with Crippen LogP contribution in [0.5, 0.6) is 5.75 Å². The first-order valence-electron chi connectivity index (χ1n) is 5.25. The maximum Gasteiger partial charge on any atom is 0.137 e. The van der Waals surface area contributed by atoms with E-state index in [4.69, 9.17) is 22.7 Å². The Kier molecular flexibility index (Phi) is 4.42. The molecule has 0 aliphatic heterocycles. The van der Waals surface area contributed by atoms with Crippen molar-refractivity contribution in [1.29, 1.82) is 0 Å². The first kappa shape index (κ1) is 13.9. The lowest BCUT2D eigenvalue weighted by Crippen LogP contribution is -2.22. The minimum Gasteiger partial charge on any atom is -0.493 e. The van der Waals surface area contributed by atoms with Crippen LogP contribution in [-0.4, -0.2) is 22.3 Å². The second-order valence-corrected chi connectivity index (χ2v) is 4.83. The van der Waals surface area contributed by atoms with Gasteiger partial charge < -0.3 is 15.6 Å². The van der Waals surface area contributed by atoms with E-state index in [1.54, 1.807) is 19.9 Å². The van der Waals surface area contributed by atoms with Gasteiger partial charge in [0, 0.05) is 6.42 Å². The summed E-state index contributed by atoms with van der Waals surface area (Å²) in [6.45, 7) is 3.62. The molecule has 0 unspecified atom stereocenters. The molecule has 0 atom stereocenters. The first-order chi connectivity index (χ1) is 7.81. The standard InChI is InChI=1S/C12H16FNO2S/c1-12(2,15)6-7-16-9-5-3-4-8(13)10(9)11(14)17/h3-5,15H,6-7H2,1-2H3,(H2,14,17). The number of hydrogen-bond acceptors (Lipinski definition) is 3. The van der Waals surface area contributed by atoms with Gasteiger partial charge in [0.25, 0.3) is 0 Å². The molecule has 0 saturated heterocycles. The first-order valence-corrected chi connectivity index (χ1v) is 5.65. The number of rotatable bonds is 5. The van der Waals surface area contributed by atoms with Crippen LogP contribution in [0.1, 0.15) is 25.8 Å². The fourth-order valence-corrected chi connectivity index (χ4v) is 1.47. The van der Waals surface area contributed by atoms with E-state index < -0.39 is 11.4 Å². The average molecular weight is 257 g/mol. The number of aliphatic hydroxyl groups is 1. The molecule has 0 fully saturated rings. The van der Waals surface area contributed by atoms with Gasteiger partial charge in [-0.2, -0.15) is 0 Å². The molecule has 0 radical (unpaired) electrons. The molecule has 0 saturated carbocycles. The lowest BCUT2D eigenvalue weighted by atomic mass is 10.1. The minimum absolute atomic E-state index is 0.0404. The molecule has 0 aliphatic carbocycles. The molecule has 1 aromatic rings. The third kappa shape index (κ3) is 4.28. The monoisotopic (exact) mass is 257 g/mol.